The van der Waals surface area contributed by atoms with Crippen LogP contribution in [0, 0.1) is 0 Å². The molecule has 0 aromatic carbocycles. The predicted molar refractivity (Wildman–Crippen MR) is 38.4 cm³/mol. The Hall–Kier alpha value is -0.710. The quantitative estimate of drug-likeness (QED) is 0.384. The second-order valence-electron chi connectivity index (χ2n) is 2.29. The third kappa shape index (κ3) is 3.27. The number of carbonyl (C=O) groups excluding carboxylic acids is 1. The molecule has 0 aliphatic heterocycles. The smallest absolute Gasteiger partial charge is 0.307 e. The number of hydrogen-bond acceptors (Lipinski definition) is 4. The van der Waals surface area contributed by atoms with Crippen molar-refractivity contribution in [2.45, 2.75) is 25.7 Å². The van der Waals surface area contributed by atoms with E-state index in [0.717, 1.165) is 0 Å². The molecule has 0 aliphatic carbocycles. The average Bonchev–Trinajstić information content (AvgIpc) is 1.85. The minimum absolute atomic E-state index is 0.155. The second kappa shape index (κ2) is 3.61. The summed E-state index contributed by atoms with van der Waals surface area (Å²) in [5.74, 6) is -3.60. The van der Waals surface area contributed by atoms with E-state index in [2.05, 4.69) is 6.58 Å². The Labute approximate surface area is 64.8 Å². The molecule has 0 bridgehead atoms. The molecule has 0 saturated heterocycles. The lowest BCUT2D eigenvalue weighted by Gasteiger charge is -2.14. The third-order valence-electron chi connectivity index (χ3n) is 1.22. The average molecular weight is 160 g/mol. The van der Waals surface area contributed by atoms with Crippen molar-refractivity contribution < 1.29 is 20.1 Å². The van der Waals surface area contributed by atoms with Crippen molar-refractivity contribution >= 4 is 5.78 Å². The molecule has 0 rings (SSSR count). The molecule has 0 atom stereocenters. The van der Waals surface area contributed by atoms with Crippen LogP contribution in [0.5, 0.6) is 0 Å². The highest BCUT2D eigenvalue weighted by atomic mass is 16.7. The molecular weight excluding hydrogens is 148 g/mol. The molecule has 0 fully saturated rings. The van der Waals surface area contributed by atoms with Gasteiger partial charge in [-0.05, 0) is 6.42 Å². The predicted octanol–water partition coefficient (Wildman–Crippen LogP) is -0.458. The first kappa shape index (κ1) is 10.3. The molecule has 0 spiro atoms. The van der Waals surface area contributed by atoms with Crippen LogP contribution >= 0.6 is 0 Å². The van der Waals surface area contributed by atoms with Gasteiger partial charge in [0.15, 0.2) is 5.78 Å². The first-order valence-corrected chi connectivity index (χ1v) is 3.29. The third-order valence-corrected chi connectivity index (χ3v) is 1.22. The number of carbonyl (C=O) groups is 1. The summed E-state index contributed by atoms with van der Waals surface area (Å²) in [4.78, 5) is 10.8. The monoisotopic (exact) mass is 160 g/mol. The first-order chi connectivity index (χ1) is 4.89. The van der Waals surface area contributed by atoms with Gasteiger partial charge in [0, 0.05) is 6.42 Å². The van der Waals surface area contributed by atoms with E-state index < -0.39 is 17.3 Å². The number of hydrogen-bond donors (Lipinski definition) is 3. The van der Waals surface area contributed by atoms with Crippen LogP contribution in [0.2, 0.25) is 0 Å². The maximum atomic E-state index is 10.8. The summed E-state index contributed by atoms with van der Waals surface area (Å²) in [7, 11) is 0. The molecule has 0 amide bonds. The Morgan fingerprint density at radius 2 is 1.91 bits per heavy atom. The Bertz CT molecular complexity index is 166. The molecule has 0 aromatic rings. The van der Waals surface area contributed by atoms with E-state index in [9.17, 15) is 4.79 Å². The van der Waals surface area contributed by atoms with E-state index in [1.165, 1.54) is 0 Å². The van der Waals surface area contributed by atoms with Crippen LogP contribution < -0.4 is 0 Å². The Morgan fingerprint density at radius 1 is 1.45 bits per heavy atom. The zero-order chi connectivity index (χ0) is 9.07. The van der Waals surface area contributed by atoms with Crippen molar-refractivity contribution in [2.24, 2.45) is 0 Å². The van der Waals surface area contributed by atoms with Gasteiger partial charge in [-0.15, -0.1) is 0 Å². The summed E-state index contributed by atoms with van der Waals surface area (Å²) in [6, 6.07) is 0. The molecule has 0 unspecified atom stereocenters. The second-order valence-corrected chi connectivity index (χ2v) is 2.29. The van der Waals surface area contributed by atoms with Crippen LogP contribution in [0.15, 0.2) is 12.2 Å². The van der Waals surface area contributed by atoms with Crippen molar-refractivity contribution in [2.75, 3.05) is 0 Å². The highest BCUT2D eigenvalue weighted by Gasteiger charge is 2.27. The van der Waals surface area contributed by atoms with Crippen LogP contribution in [-0.4, -0.2) is 27.1 Å². The molecule has 0 heterocycles. The highest BCUT2D eigenvalue weighted by Crippen LogP contribution is 2.10. The van der Waals surface area contributed by atoms with Gasteiger partial charge in [0.1, 0.15) is 0 Å². The van der Waals surface area contributed by atoms with Gasteiger partial charge in [0.2, 0.25) is 0 Å². The fraction of sp³-hybridized carbons (Fsp3) is 0.571. The minimum Gasteiger partial charge on any atom is -0.340 e. The fourth-order valence-electron chi connectivity index (χ4n) is 0.565. The maximum Gasteiger partial charge on any atom is 0.307 e. The van der Waals surface area contributed by atoms with Crippen LogP contribution in [0.3, 0.4) is 0 Å². The Kier molecular flexibility index (Phi) is 3.38. The summed E-state index contributed by atoms with van der Waals surface area (Å²) in [5.41, 5.74) is -0.584. The summed E-state index contributed by atoms with van der Waals surface area (Å²) in [6.45, 7) is 4.81. The van der Waals surface area contributed by atoms with E-state index >= 15 is 0 Å². The number of ketones is 1. The van der Waals surface area contributed by atoms with Gasteiger partial charge in [-0.25, -0.2) is 0 Å². The molecular formula is C7H12O4. The molecule has 0 radical (unpaired) electrons. The van der Waals surface area contributed by atoms with Crippen LogP contribution in [0.25, 0.3) is 0 Å². The largest absolute Gasteiger partial charge is 0.340 e. The van der Waals surface area contributed by atoms with Gasteiger partial charge in [0.05, 0.1) is 5.57 Å². The van der Waals surface area contributed by atoms with Crippen LogP contribution in [0.4, 0.5) is 0 Å². The minimum atomic E-state index is -3.06. The van der Waals surface area contributed by atoms with E-state index in [1.807, 2.05) is 0 Å². The lowest BCUT2D eigenvalue weighted by Crippen LogP contribution is -2.33. The molecule has 11 heavy (non-hydrogen) atoms. The SMILES string of the molecule is C=C(C(=O)CCC)C(O)(O)O. The number of aliphatic hydroxyl groups is 3. The van der Waals surface area contributed by atoms with Gasteiger partial charge in [-0.2, -0.15) is 0 Å². The van der Waals surface area contributed by atoms with Gasteiger partial charge < -0.3 is 15.3 Å². The lowest BCUT2D eigenvalue weighted by atomic mass is 10.1. The van der Waals surface area contributed by atoms with Gasteiger partial charge >= 0.3 is 5.97 Å². The van der Waals surface area contributed by atoms with E-state index in [-0.39, 0.29) is 6.42 Å². The van der Waals surface area contributed by atoms with Crippen molar-refractivity contribution in [1.82, 2.24) is 0 Å². The highest BCUT2D eigenvalue weighted by molar-refractivity contribution is 5.95. The molecule has 0 aliphatic rings. The molecule has 64 valence electrons. The van der Waals surface area contributed by atoms with Gasteiger partial charge in [-0.1, -0.05) is 13.5 Å². The van der Waals surface area contributed by atoms with Crippen molar-refractivity contribution in [3.8, 4) is 0 Å². The standard InChI is InChI=1S/C7H12O4/c1-3-4-6(8)5(2)7(9,10)11/h9-11H,2-4H2,1H3. The molecule has 0 saturated carbocycles. The zero-order valence-corrected chi connectivity index (χ0v) is 6.37. The summed E-state index contributed by atoms with van der Waals surface area (Å²) in [5, 5.41) is 25.4. The number of Topliss-reactive ketones (excluding diaryl/α,β-unsaturated/α-hetero) is 1. The molecule has 3 N–H and O–H groups in total. The fourth-order valence-corrected chi connectivity index (χ4v) is 0.565. The molecule has 0 aromatic heterocycles. The van der Waals surface area contributed by atoms with Gasteiger partial charge in [-0.3, -0.25) is 4.79 Å². The Morgan fingerprint density at radius 3 is 2.18 bits per heavy atom. The van der Waals surface area contributed by atoms with Gasteiger partial charge in [0.25, 0.3) is 0 Å². The zero-order valence-electron chi connectivity index (χ0n) is 6.37. The summed E-state index contributed by atoms with van der Waals surface area (Å²) < 4.78 is 0. The van der Waals surface area contributed by atoms with E-state index in [4.69, 9.17) is 15.3 Å². The molecule has 4 heteroatoms. The number of rotatable bonds is 4. The summed E-state index contributed by atoms with van der Waals surface area (Å²) >= 11 is 0. The normalized spacial score (nSPS) is 11.3. The van der Waals surface area contributed by atoms with Crippen LogP contribution in [0.1, 0.15) is 19.8 Å². The van der Waals surface area contributed by atoms with Crippen molar-refractivity contribution in [1.29, 1.82) is 0 Å². The summed E-state index contributed by atoms with van der Waals surface area (Å²) in [6.07, 6.45) is 0.732. The van der Waals surface area contributed by atoms with Crippen LogP contribution in [-0.2, 0) is 4.79 Å². The van der Waals surface area contributed by atoms with Crippen molar-refractivity contribution in [3.05, 3.63) is 12.2 Å². The maximum absolute atomic E-state index is 10.8. The van der Waals surface area contributed by atoms with E-state index in [0.29, 0.717) is 6.42 Å². The Balaban J connectivity index is 4.15. The molecule has 4 nitrogen and oxygen atoms in total. The van der Waals surface area contributed by atoms with E-state index in [1.54, 1.807) is 6.92 Å². The van der Waals surface area contributed by atoms with Crippen molar-refractivity contribution in [3.63, 3.8) is 0 Å². The first-order valence-electron chi connectivity index (χ1n) is 3.29. The lowest BCUT2D eigenvalue weighted by molar-refractivity contribution is -0.280. The topological polar surface area (TPSA) is 77.8 Å².